The van der Waals surface area contributed by atoms with Crippen LogP contribution < -0.4 is 20.7 Å². The van der Waals surface area contributed by atoms with Gasteiger partial charge in [-0.15, -0.1) is 4.91 Å². The summed E-state index contributed by atoms with van der Waals surface area (Å²) in [5.41, 5.74) is 7.71. The van der Waals surface area contributed by atoms with Crippen LogP contribution in [0.3, 0.4) is 0 Å². The molecule has 2 saturated heterocycles. The van der Waals surface area contributed by atoms with Gasteiger partial charge in [0.2, 0.25) is 0 Å². The molecule has 206 valence electrons. The minimum absolute atomic E-state index is 0.0370. The number of benzene rings is 2. The van der Waals surface area contributed by atoms with Crippen molar-refractivity contribution < 1.29 is 23.5 Å². The molecule has 2 aromatic carbocycles. The van der Waals surface area contributed by atoms with Gasteiger partial charge in [-0.1, -0.05) is 12.1 Å². The first-order valence-electron chi connectivity index (χ1n) is 12.8. The summed E-state index contributed by atoms with van der Waals surface area (Å²) in [5, 5.41) is 5.37. The Morgan fingerprint density at radius 3 is 2.47 bits per heavy atom. The predicted octanol–water partition coefficient (Wildman–Crippen LogP) is 1.82. The Labute approximate surface area is 221 Å². The summed E-state index contributed by atoms with van der Waals surface area (Å²) < 4.78 is 25.9. The fraction of sp³-hybridized carbons (Fsp3) is 0.500. The summed E-state index contributed by atoms with van der Waals surface area (Å²) in [5.74, 6) is 0.183. The fourth-order valence-corrected chi connectivity index (χ4v) is 4.47. The lowest BCUT2D eigenvalue weighted by molar-refractivity contribution is -0.133. The molecule has 3 N–H and O–H groups in total. The van der Waals surface area contributed by atoms with E-state index >= 15 is 0 Å². The number of halogens is 1. The van der Waals surface area contributed by atoms with Crippen LogP contribution in [-0.2, 0) is 20.9 Å². The number of nitrogens with zero attached hydrogens (tertiary/aromatic N) is 4. The molecule has 2 aliphatic heterocycles. The zero-order valence-electron chi connectivity index (χ0n) is 21.4. The van der Waals surface area contributed by atoms with Gasteiger partial charge in [0.05, 0.1) is 25.4 Å². The van der Waals surface area contributed by atoms with E-state index in [1.807, 2.05) is 29.2 Å². The van der Waals surface area contributed by atoms with Crippen LogP contribution in [0.1, 0.15) is 5.56 Å². The first kappa shape index (κ1) is 27.6. The van der Waals surface area contributed by atoms with E-state index < -0.39 is 6.10 Å². The lowest BCUT2D eigenvalue weighted by Gasteiger charge is -2.36. The number of rotatable bonds is 12. The number of anilines is 2. The molecule has 0 aromatic heterocycles. The Balaban J connectivity index is 1.20. The molecule has 1 amide bonds. The summed E-state index contributed by atoms with van der Waals surface area (Å²) in [4.78, 5) is 33.5. The molecule has 38 heavy (non-hydrogen) atoms. The molecule has 2 aromatic rings. The maximum atomic E-state index is 14.8. The third kappa shape index (κ3) is 7.76. The van der Waals surface area contributed by atoms with Gasteiger partial charge in [-0.2, -0.15) is 0 Å². The van der Waals surface area contributed by atoms with Crippen molar-refractivity contribution in [3.63, 3.8) is 0 Å². The molecule has 0 radical (unpaired) electrons. The number of nitrogens with two attached hydrogens (primary N) is 1. The van der Waals surface area contributed by atoms with Crippen molar-refractivity contribution in [2.75, 3.05) is 82.4 Å². The third-order valence-corrected chi connectivity index (χ3v) is 6.71. The molecule has 12 heteroatoms. The van der Waals surface area contributed by atoms with Gasteiger partial charge < -0.3 is 35.2 Å². The minimum atomic E-state index is -0.593. The van der Waals surface area contributed by atoms with Crippen molar-refractivity contribution in [2.24, 2.45) is 11.1 Å². The third-order valence-electron chi connectivity index (χ3n) is 6.71. The Hall–Kier alpha value is -3.48. The number of morpholine rings is 1. The summed E-state index contributed by atoms with van der Waals surface area (Å²) in [6, 6.07) is 12.7. The topological polar surface area (TPSA) is 122 Å². The van der Waals surface area contributed by atoms with Gasteiger partial charge in [0.15, 0.2) is 18.1 Å². The first-order chi connectivity index (χ1) is 18.6. The number of nitrogens with one attached hydrogen (secondary N) is 1. The van der Waals surface area contributed by atoms with Crippen LogP contribution in [0.15, 0.2) is 47.8 Å². The molecule has 1 atom stereocenters. The average Bonchev–Trinajstić information content (AvgIpc) is 2.95. The number of hydrogen-bond donors (Lipinski definition) is 2. The number of hydrogen-bond acceptors (Lipinski definition) is 10. The van der Waals surface area contributed by atoms with Crippen LogP contribution in [-0.4, -0.2) is 94.0 Å². The highest BCUT2D eigenvalue weighted by Gasteiger charge is 2.23. The van der Waals surface area contributed by atoms with Crippen LogP contribution in [0.5, 0.6) is 5.75 Å². The summed E-state index contributed by atoms with van der Waals surface area (Å²) in [6.07, 6.45) is -0.593. The quantitative estimate of drug-likeness (QED) is 0.313. The molecular weight excluding hydrogens is 495 g/mol. The molecule has 0 spiro atoms. The summed E-state index contributed by atoms with van der Waals surface area (Å²) in [6.45, 7) is 6.56. The first-order valence-corrected chi connectivity index (χ1v) is 12.8. The smallest absolute Gasteiger partial charge is 0.260 e. The van der Waals surface area contributed by atoms with E-state index in [0.717, 1.165) is 32.8 Å². The predicted molar refractivity (Wildman–Crippen MR) is 141 cm³/mol. The van der Waals surface area contributed by atoms with Crippen LogP contribution in [0.4, 0.5) is 15.8 Å². The second-order valence-electron chi connectivity index (χ2n) is 9.27. The molecule has 11 nitrogen and oxygen atoms in total. The highest BCUT2D eigenvalue weighted by atomic mass is 19.1. The average molecular weight is 531 g/mol. The van der Waals surface area contributed by atoms with E-state index in [1.54, 1.807) is 17.0 Å². The maximum absolute atomic E-state index is 14.8. The lowest BCUT2D eigenvalue weighted by atomic mass is 10.2. The number of carbonyl (C=O) groups excluding carboxylic acids is 1. The number of piperazine rings is 1. The summed E-state index contributed by atoms with van der Waals surface area (Å²) >= 11 is 0. The lowest BCUT2D eigenvalue weighted by Crippen LogP contribution is -2.50. The number of ether oxygens (including phenoxy) is 2. The van der Waals surface area contributed by atoms with E-state index in [-0.39, 0.29) is 31.4 Å². The SMILES string of the molecule is NCC(CNc1ccc(N2CCN(C(=O)COc3ccc(CN4CCOCC4)cc3)CC2)c(F)c1)ON=O. The molecular formula is C26H35FN6O5. The van der Waals surface area contributed by atoms with E-state index in [9.17, 15) is 14.1 Å². The Morgan fingerprint density at radius 2 is 1.82 bits per heavy atom. The standard InChI is InChI=1S/C26H35FN6O5/c27-24-15-21(29-17-23(16-28)38-30-35)3-6-25(24)32-7-9-33(10-8-32)26(34)19-37-22-4-1-20(2-5-22)18-31-11-13-36-14-12-31/h1-6,15,23,29H,7-14,16-19,28H2. The molecule has 1 unspecified atom stereocenters. The van der Waals surface area contributed by atoms with Crippen LogP contribution >= 0.6 is 0 Å². The molecule has 4 rings (SSSR count). The monoisotopic (exact) mass is 530 g/mol. The van der Waals surface area contributed by atoms with Crippen molar-refractivity contribution in [3.05, 3.63) is 58.8 Å². The van der Waals surface area contributed by atoms with E-state index in [4.69, 9.17) is 15.2 Å². The van der Waals surface area contributed by atoms with Crippen LogP contribution in [0, 0.1) is 10.7 Å². The van der Waals surface area contributed by atoms with Crippen molar-refractivity contribution >= 4 is 17.3 Å². The second-order valence-corrected chi connectivity index (χ2v) is 9.27. The zero-order valence-corrected chi connectivity index (χ0v) is 21.4. The Kier molecular flexibility index (Phi) is 10.1. The summed E-state index contributed by atoms with van der Waals surface area (Å²) in [7, 11) is 0. The van der Waals surface area contributed by atoms with E-state index in [1.165, 1.54) is 11.6 Å². The molecule has 2 heterocycles. The van der Waals surface area contributed by atoms with Crippen molar-refractivity contribution in [2.45, 2.75) is 12.6 Å². The van der Waals surface area contributed by atoms with Gasteiger partial charge in [-0.05, 0) is 35.9 Å². The fourth-order valence-electron chi connectivity index (χ4n) is 4.47. The normalized spacial score (nSPS) is 17.1. The van der Waals surface area contributed by atoms with E-state index in [2.05, 4.69) is 20.4 Å². The van der Waals surface area contributed by atoms with Crippen molar-refractivity contribution in [1.29, 1.82) is 0 Å². The number of carbonyl (C=O) groups is 1. The molecule has 2 fully saturated rings. The largest absolute Gasteiger partial charge is 0.484 e. The number of amides is 1. The molecule has 0 bridgehead atoms. The van der Waals surface area contributed by atoms with Gasteiger partial charge in [-0.3, -0.25) is 9.69 Å². The molecule has 0 aliphatic carbocycles. The second kappa shape index (κ2) is 13.9. The van der Waals surface area contributed by atoms with Gasteiger partial charge in [0, 0.05) is 58.0 Å². The van der Waals surface area contributed by atoms with Crippen LogP contribution in [0.2, 0.25) is 0 Å². The van der Waals surface area contributed by atoms with Gasteiger partial charge in [-0.25, -0.2) is 4.39 Å². The highest BCUT2D eigenvalue weighted by Crippen LogP contribution is 2.24. The van der Waals surface area contributed by atoms with Gasteiger partial charge >= 0.3 is 0 Å². The highest BCUT2D eigenvalue weighted by molar-refractivity contribution is 5.78. The van der Waals surface area contributed by atoms with Crippen molar-refractivity contribution in [1.82, 2.24) is 9.80 Å². The van der Waals surface area contributed by atoms with Crippen LogP contribution in [0.25, 0.3) is 0 Å². The van der Waals surface area contributed by atoms with Gasteiger partial charge in [0.1, 0.15) is 11.6 Å². The zero-order chi connectivity index (χ0) is 26.7. The Morgan fingerprint density at radius 1 is 1.08 bits per heavy atom. The molecule has 2 aliphatic rings. The Bertz CT molecular complexity index is 1040. The van der Waals surface area contributed by atoms with E-state index in [0.29, 0.717) is 43.3 Å². The van der Waals surface area contributed by atoms with Gasteiger partial charge in [0.25, 0.3) is 5.91 Å². The minimum Gasteiger partial charge on any atom is -0.484 e. The van der Waals surface area contributed by atoms with Crippen molar-refractivity contribution in [3.8, 4) is 5.75 Å². The maximum Gasteiger partial charge on any atom is 0.260 e. The molecule has 0 saturated carbocycles.